The lowest BCUT2D eigenvalue weighted by Gasteiger charge is -2.38. The van der Waals surface area contributed by atoms with Gasteiger partial charge in [-0.1, -0.05) is 25.8 Å². The summed E-state index contributed by atoms with van der Waals surface area (Å²) < 4.78 is 6.21. The van der Waals surface area contributed by atoms with E-state index in [1.54, 1.807) is 0 Å². The standard InChI is InChI=1S/C16H26N2O/c1-3-11-18-15(14-8-7-12-17-13-14)16(19-4-2)9-5-6-10-16/h7-8,12-13,15,18H,3-6,9-11H2,1-2H3. The van der Waals surface area contributed by atoms with E-state index in [1.165, 1.54) is 18.4 Å². The fourth-order valence-electron chi connectivity index (χ4n) is 3.22. The van der Waals surface area contributed by atoms with Gasteiger partial charge in [0, 0.05) is 19.0 Å². The molecule has 1 saturated carbocycles. The molecule has 3 nitrogen and oxygen atoms in total. The average molecular weight is 262 g/mol. The minimum Gasteiger partial charge on any atom is -0.373 e. The number of nitrogens with one attached hydrogen (secondary N) is 1. The second-order valence-electron chi connectivity index (χ2n) is 5.38. The van der Waals surface area contributed by atoms with Crippen molar-refractivity contribution in [1.82, 2.24) is 10.3 Å². The van der Waals surface area contributed by atoms with Crippen molar-refractivity contribution >= 4 is 0 Å². The van der Waals surface area contributed by atoms with E-state index in [0.29, 0.717) is 0 Å². The third-order valence-corrected chi connectivity index (χ3v) is 4.02. The minimum absolute atomic E-state index is 0.0348. The highest BCUT2D eigenvalue weighted by atomic mass is 16.5. The Hall–Kier alpha value is -0.930. The van der Waals surface area contributed by atoms with Gasteiger partial charge < -0.3 is 10.1 Å². The Morgan fingerprint density at radius 3 is 2.74 bits per heavy atom. The molecular weight excluding hydrogens is 236 g/mol. The molecule has 0 aliphatic heterocycles. The average Bonchev–Trinajstić information content (AvgIpc) is 2.90. The smallest absolute Gasteiger partial charge is 0.0876 e. The zero-order valence-electron chi connectivity index (χ0n) is 12.2. The SMILES string of the molecule is CCCNC(c1cccnc1)C1(OCC)CCCC1. The molecule has 1 aromatic rings. The number of rotatable bonds is 7. The van der Waals surface area contributed by atoms with Crippen LogP contribution in [0, 0.1) is 0 Å². The van der Waals surface area contributed by atoms with Gasteiger partial charge in [0.05, 0.1) is 11.6 Å². The summed E-state index contributed by atoms with van der Waals surface area (Å²) in [6, 6.07) is 4.45. The number of nitrogens with zero attached hydrogens (tertiary/aromatic N) is 1. The molecule has 0 bridgehead atoms. The highest BCUT2D eigenvalue weighted by Gasteiger charge is 2.42. The van der Waals surface area contributed by atoms with Gasteiger partial charge >= 0.3 is 0 Å². The summed E-state index contributed by atoms with van der Waals surface area (Å²) in [5.74, 6) is 0. The highest BCUT2D eigenvalue weighted by molar-refractivity contribution is 5.19. The molecule has 2 rings (SSSR count). The second kappa shape index (κ2) is 7.01. The second-order valence-corrected chi connectivity index (χ2v) is 5.38. The van der Waals surface area contributed by atoms with Crippen LogP contribution in [0.4, 0.5) is 0 Å². The van der Waals surface area contributed by atoms with Gasteiger partial charge in [-0.15, -0.1) is 0 Å². The monoisotopic (exact) mass is 262 g/mol. The maximum Gasteiger partial charge on any atom is 0.0876 e. The van der Waals surface area contributed by atoms with Crippen LogP contribution >= 0.6 is 0 Å². The molecule has 106 valence electrons. The van der Waals surface area contributed by atoms with Gasteiger partial charge in [-0.2, -0.15) is 0 Å². The summed E-state index contributed by atoms with van der Waals surface area (Å²) in [6.07, 6.45) is 9.79. The van der Waals surface area contributed by atoms with Gasteiger partial charge in [0.15, 0.2) is 0 Å². The topological polar surface area (TPSA) is 34.2 Å². The Bertz CT molecular complexity index is 360. The van der Waals surface area contributed by atoms with Crippen LogP contribution in [-0.2, 0) is 4.74 Å². The third kappa shape index (κ3) is 3.34. The van der Waals surface area contributed by atoms with Crippen molar-refractivity contribution in [3.05, 3.63) is 30.1 Å². The van der Waals surface area contributed by atoms with Crippen molar-refractivity contribution in [2.45, 2.75) is 57.6 Å². The highest BCUT2D eigenvalue weighted by Crippen LogP contribution is 2.42. The molecule has 1 aliphatic carbocycles. The molecule has 1 unspecified atom stereocenters. The van der Waals surface area contributed by atoms with E-state index in [4.69, 9.17) is 4.74 Å². The molecule has 0 spiro atoms. The van der Waals surface area contributed by atoms with E-state index in [9.17, 15) is 0 Å². The maximum atomic E-state index is 6.21. The third-order valence-electron chi connectivity index (χ3n) is 4.02. The zero-order valence-corrected chi connectivity index (χ0v) is 12.2. The van der Waals surface area contributed by atoms with E-state index < -0.39 is 0 Å². The predicted molar refractivity (Wildman–Crippen MR) is 78.1 cm³/mol. The molecule has 1 heterocycles. The molecule has 1 aromatic heterocycles. The molecular formula is C16H26N2O. The Morgan fingerprint density at radius 2 is 2.16 bits per heavy atom. The first kappa shape index (κ1) is 14.5. The zero-order chi connectivity index (χ0) is 13.6. The number of ether oxygens (including phenoxy) is 1. The number of hydrogen-bond donors (Lipinski definition) is 1. The van der Waals surface area contributed by atoms with E-state index in [-0.39, 0.29) is 11.6 Å². The molecule has 1 N–H and O–H groups in total. The summed E-state index contributed by atoms with van der Waals surface area (Å²) in [7, 11) is 0. The molecule has 1 aliphatic rings. The van der Waals surface area contributed by atoms with Crippen LogP contribution in [0.15, 0.2) is 24.5 Å². The number of hydrogen-bond acceptors (Lipinski definition) is 3. The predicted octanol–water partition coefficient (Wildman–Crippen LogP) is 3.47. The van der Waals surface area contributed by atoms with Crippen molar-refractivity contribution in [3.63, 3.8) is 0 Å². The van der Waals surface area contributed by atoms with Crippen molar-refractivity contribution in [2.75, 3.05) is 13.2 Å². The Morgan fingerprint density at radius 1 is 1.37 bits per heavy atom. The van der Waals surface area contributed by atoms with E-state index in [2.05, 4.69) is 30.2 Å². The molecule has 0 amide bonds. The molecule has 0 radical (unpaired) electrons. The fraction of sp³-hybridized carbons (Fsp3) is 0.688. The van der Waals surface area contributed by atoms with E-state index >= 15 is 0 Å². The van der Waals surface area contributed by atoms with Crippen LogP contribution < -0.4 is 5.32 Å². The Kier molecular flexibility index (Phi) is 5.34. The molecule has 1 atom stereocenters. The summed E-state index contributed by atoms with van der Waals surface area (Å²) in [6.45, 7) is 6.11. The lowest BCUT2D eigenvalue weighted by Crippen LogP contribution is -2.44. The van der Waals surface area contributed by atoms with Crippen LogP contribution in [0.1, 0.15) is 57.6 Å². The van der Waals surface area contributed by atoms with Crippen molar-refractivity contribution in [1.29, 1.82) is 0 Å². The largest absolute Gasteiger partial charge is 0.373 e. The summed E-state index contributed by atoms with van der Waals surface area (Å²) in [5, 5.41) is 3.69. The Labute approximate surface area is 116 Å². The summed E-state index contributed by atoms with van der Waals surface area (Å²) in [5.41, 5.74) is 1.22. The maximum absolute atomic E-state index is 6.21. The lowest BCUT2D eigenvalue weighted by atomic mass is 9.87. The van der Waals surface area contributed by atoms with Crippen LogP contribution in [0.2, 0.25) is 0 Å². The summed E-state index contributed by atoms with van der Waals surface area (Å²) in [4.78, 5) is 4.28. The van der Waals surface area contributed by atoms with Crippen molar-refractivity contribution in [3.8, 4) is 0 Å². The van der Waals surface area contributed by atoms with Gasteiger partial charge in [0.2, 0.25) is 0 Å². The molecule has 0 aromatic carbocycles. The number of pyridine rings is 1. The first-order valence-electron chi connectivity index (χ1n) is 7.59. The Balaban J connectivity index is 2.24. The van der Waals surface area contributed by atoms with Gasteiger partial charge in [-0.3, -0.25) is 4.98 Å². The first-order chi connectivity index (χ1) is 9.32. The molecule has 0 saturated heterocycles. The fourth-order valence-corrected chi connectivity index (χ4v) is 3.22. The van der Waals surface area contributed by atoms with Crippen LogP contribution in [0.3, 0.4) is 0 Å². The van der Waals surface area contributed by atoms with Crippen LogP contribution in [0.5, 0.6) is 0 Å². The van der Waals surface area contributed by atoms with Crippen molar-refractivity contribution < 1.29 is 4.74 Å². The van der Waals surface area contributed by atoms with E-state index in [1.807, 2.05) is 18.5 Å². The quantitative estimate of drug-likeness (QED) is 0.817. The van der Waals surface area contributed by atoms with Crippen LogP contribution in [0.25, 0.3) is 0 Å². The lowest BCUT2D eigenvalue weighted by molar-refractivity contribution is -0.0626. The van der Waals surface area contributed by atoms with Gasteiger partial charge in [-0.25, -0.2) is 0 Å². The van der Waals surface area contributed by atoms with Gasteiger partial charge in [0.25, 0.3) is 0 Å². The van der Waals surface area contributed by atoms with Crippen LogP contribution in [-0.4, -0.2) is 23.7 Å². The molecule has 19 heavy (non-hydrogen) atoms. The van der Waals surface area contributed by atoms with E-state index in [0.717, 1.165) is 32.4 Å². The minimum atomic E-state index is -0.0348. The summed E-state index contributed by atoms with van der Waals surface area (Å²) >= 11 is 0. The molecule has 3 heteroatoms. The normalized spacial score (nSPS) is 19.5. The van der Waals surface area contributed by atoms with Gasteiger partial charge in [0.1, 0.15) is 0 Å². The number of aromatic nitrogens is 1. The van der Waals surface area contributed by atoms with Crippen molar-refractivity contribution in [2.24, 2.45) is 0 Å². The van der Waals surface area contributed by atoms with Gasteiger partial charge in [-0.05, 0) is 44.4 Å². The molecule has 1 fully saturated rings. The first-order valence-corrected chi connectivity index (χ1v) is 7.59.